The summed E-state index contributed by atoms with van der Waals surface area (Å²) >= 11 is 0. The average Bonchev–Trinajstić information content (AvgIpc) is 2.93. The van der Waals surface area contributed by atoms with Gasteiger partial charge in [0.15, 0.2) is 0 Å². The summed E-state index contributed by atoms with van der Waals surface area (Å²) in [5, 5.41) is 3.41. The molecule has 21 heavy (non-hydrogen) atoms. The Labute approximate surface area is 129 Å². The van der Waals surface area contributed by atoms with Gasteiger partial charge in [-0.15, -0.1) is 0 Å². The third kappa shape index (κ3) is 4.21. The van der Waals surface area contributed by atoms with E-state index in [1.807, 2.05) is 0 Å². The number of hydrogen-bond acceptors (Lipinski definition) is 3. The molecule has 1 aromatic carbocycles. The first-order chi connectivity index (χ1) is 10.1. The maximum atomic E-state index is 5.06. The molecule has 0 aliphatic carbocycles. The molecule has 2 rings (SSSR count). The smallest absolute Gasteiger partial charge is 0.0587 e. The van der Waals surface area contributed by atoms with Gasteiger partial charge in [-0.25, -0.2) is 0 Å². The molecule has 0 aromatic heterocycles. The molecule has 3 nitrogen and oxygen atoms in total. The summed E-state index contributed by atoms with van der Waals surface area (Å²) in [7, 11) is 1.74. The number of nitrogens with one attached hydrogen (secondary N) is 1. The van der Waals surface area contributed by atoms with Crippen molar-refractivity contribution in [3.63, 3.8) is 0 Å². The highest BCUT2D eigenvalue weighted by Crippen LogP contribution is 2.32. The molecular weight excluding hydrogens is 260 g/mol. The monoisotopic (exact) mass is 290 g/mol. The Morgan fingerprint density at radius 1 is 1.38 bits per heavy atom. The van der Waals surface area contributed by atoms with E-state index in [-0.39, 0.29) is 0 Å². The predicted octanol–water partition coefficient (Wildman–Crippen LogP) is 3.36. The van der Waals surface area contributed by atoms with Crippen molar-refractivity contribution in [1.82, 2.24) is 5.32 Å². The van der Waals surface area contributed by atoms with Gasteiger partial charge < -0.3 is 15.0 Å². The summed E-state index contributed by atoms with van der Waals surface area (Å²) in [6, 6.07) is 7.60. The molecule has 118 valence electrons. The second-order valence-electron chi connectivity index (χ2n) is 6.44. The first-order valence-electron chi connectivity index (χ1n) is 8.19. The van der Waals surface area contributed by atoms with Gasteiger partial charge in [-0.05, 0) is 42.9 Å². The van der Waals surface area contributed by atoms with Crippen LogP contribution < -0.4 is 10.2 Å². The largest absolute Gasteiger partial charge is 0.383 e. The highest BCUT2D eigenvalue weighted by atomic mass is 16.5. The van der Waals surface area contributed by atoms with E-state index < -0.39 is 0 Å². The van der Waals surface area contributed by atoms with E-state index in [9.17, 15) is 0 Å². The standard InChI is InChI=1S/C18H30N2O/c1-14(2)17-6-5-10-20(17)18-8-7-16(12-15(18)3)13-19-9-11-21-4/h7-8,12,14,17,19H,5-6,9-11,13H2,1-4H3. The van der Waals surface area contributed by atoms with Crippen LogP contribution in [0.15, 0.2) is 18.2 Å². The van der Waals surface area contributed by atoms with Crippen molar-refractivity contribution in [2.75, 3.05) is 31.7 Å². The van der Waals surface area contributed by atoms with Crippen LogP contribution in [0.5, 0.6) is 0 Å². The van der Waals surface area contributed by atoms with Crippen LogP contribution in [0, 0.1) is 12.8 Å². The van der Waals surface area contributed by atoms with Crippen LogP contribution in [0.25, 0.3) is 0 Å². The third-order valence-corrected chi connectivity index (χ3v) is 4.45. The lowest BCUT2D eigenvalue weighted by molar-refractivity contribution is 0.199. The fraction of sp³-hybridized carbons (Fsp3) is 0.667. The molecule has 0 saturated carbocycles. The van der Waals surface area contributed by atoms with Gasteiger partial charge in [-0.1, -0.05) is 26.0 Å². The summed E-state index contributed by atoms with van der Waals surface area (Å²) < 4.78 is 5.06. The molecule has 1 aliphatic heterocycles. The fourth-order valence-corrected chi connectivity index (χ4v) is 3.34. The number of ether oxygens (including phenoxy) is 1. The molecule has 1 aliphatic rings. The summed E-state index contributed by atoms with van der Waals surface area (Å²) in [5.41, 5.74) is 4.17. The van der Waals surface area contributed by atoms with Gasteiger partial charge in [0.2, 0.25) is 0 Å². The normalized spacial score (nSPS) is 18.7. The number of hydrogen-bond donors (Lipinski definition) is 1. The molecule has 3 heteroatoms. The minimum Gasteiger partial charge on any atom is -0.383 e. The number of aryl methyl sites for hydroxylation is 1. The van der Waals surface area contributed by atoms with Crippen LogP contribution in [-0.4, -0.2) is 32.8 Å². The van der Waals surface area contributed by atoms with E-state index in [1.165, 1.54) is 36.2 Å². The van der Waals surface area contributed by atoms with Crippen LogP contribution in [0.4, 0.5) is 5.69 Å². The first-order valence-corrected chi connectivity index (χ1v) is 8.19. The molecule has 1 N–H and O–H groups in total. The second kappa shape index (κ2) is 7.81. The molecule has 1 saturated heterocycles. The molecule has 0 bridgehead atoms. The van der Waals surface area contributed by atoms with Gasteiger partial charge >= 0.3 is 0 Å². The molecule has 1 unspecified atom stereocenters. The summed E-state index contributed by atoms with van der Waals surface area (Å²) in [5.74, 6) is 0.724. The van der Waals surface area contributed by atoms with Gasteiger partial charge in [-0.3, -0.25) is 0 Å². The van der Waals surface area contributed by atoms with Crippen molar-refractivity contribution in [2.24, 2.45) is 5.92 Å². The second-order valence-corrected chi connectivity index (χ2v) is 6.44. The van der Waals surface area contributed by atoms with Crippen molar-refractivity contribution < 1.29 is 4.74 Å². The average molecular weight is 290 g/mol. The maximum absolute atomic E-state index is 5.06. The van der Waals surface area contributed by atoms with Crippen molar-refractivity contribution >= 4 is 5.69 Å². The zero-order valence-corrected chi connectivity index (χ0v) is 14.0. The Morgan fingerprint density at radius 2 is 2.19 bits per heavy atom. The molecule has 1 aromatic rings. The first kappa shape index (κ1) is 16.3. The third-order valence-electron chi connectivity index (χ3n) is 4.45. The zero-order chi connectivity index (χ0) is 15.2. The van der Waals surface area contributed by atoms with Crippen molar-refractivity contribution in [2.45, 2.75) is 46.2 Å². The fourth-order valence-electron chi connectivity index (χ4n) is 3.34. The minimum atomic E-state index is 0.703. The van der Waals surface area contributed by atoms with Crippen molar-refractivity contribution in [1.29, 1.82) is 0 Å². The molecule has 1 atom stereocenters. The summed E-state index contributed by atoms with van der Waals surface area (Å²) in [6.07, 6.45) is 2.65. The lowest BCUT2D eigenvalue weighted by Gasteiger charge is -2.31. The summed E-state index contributed by atoms with van der Waals surface area (Å²) in [6.45, 7) is 10.7. The summed E-state index contributed by atoms with van der Waals surface area (Å²) in [4.78, 5) is 2.61. The Morgan fingerprint density at radius 3 is 2.86 bits per heavy atom. The molecule has 0 spiro atoms. The van der Waals surface area contributed by atoms with E-state index >= 15 is 0 Å². The van der Waals surface area contributed by atoms with Crippen LogP contribution in [0.2, 0.25) is 0 Å². The Balaban J connectivity index is 2.02. The lowest BCUT2D eigenvalue weighted by atomic mass is 10.0. The SMILES string of the molecule is COCCNCc1ccc(N2CCCC2C(C)C)c(C)c1. The highest BCUT2D eigenvalue weighted by Gasteiger charge is 2.27. The highest BCUT2D eigenvalue weighted by molar-refractivity contribution is 5.56. The van der Waals surface area contributed by atoms with Gasteiger partial charge in [0.05, 0.1) is 6.61 Å². The number of nitrogens with zero attached hydrogens (tertiary/aromatic N) is 1. The Kier molecular flexibility index (Phi) is 6.07. The van der Waals surface area contributed by atoms with E-state index in [0.717, 1.165) is 25.6 Å². The molecule has 0 amide bonds. The molecular formula is C18H30N2O. The van der Waals surface area contributed by atoms with Gasteiger partial charge in [0.25, 0.3) is 0 Å². The quantitative estimate of drug-likeness (QED) is 0.779. The lowest BCUT2D eigenvalue weighted by Crippen LogP contribution is -2.33. The Bertz CT molecular complexity index is 445. The van der Waals surface area contributed by atoms with Crippen molar-refractivity contribution in [3.05, 3.63) is 29.3 Å². The van der Waals surface area contributed by atoms with Gasteiger partial charge in [-0.2, -0.15) is 0 Å². The molecule has 1 fully saturated rings. The van der Waals surface area contributed by atoms with E-state index in [4.69, 9.17) is 4.74 Å². The number of anilines is 1. The zero-order valence-electron chi connectivity index (χ0n) is 14.0. The van der Waals surface area contributed by atoms with Crippen LogP contribution in [-0.2, 0) is 11.3 Å². The van der Waals surface area contributed by atoms with Crippen LogP contribution >= 0.6 is 0 Å². The van der Waals surface area contributed by atoms with E-state index in [2.05, 4.69) is 49.2 Å². The minimum absolute atomic E-state index is 0.703. The number of rotatable bonds is 7. The Hall–Kier alpha value is -1.06. The van der Waals surface area contributed by atoms with Crippen LogP contribution in [0.1, 0.15) is 37.8 Å². The van der Waals surface area contributed by atoms with E-state index in [1.54, 1.807) is 7.11 Å². The topological polar surface area (TPSA) is 24.5 Å². The van der Waals surface area contributed by atoms with Gasteiger partial charge in [0.1, 0.15) is 0 Å². The van der Waals surface area contributed by atoms with E-state index in [0.29, 0.717) is 6.04 Å². The van der Waals surface area contributed by atoms with Crippen molar-refractivity contribution in [3.8, 4) is 0 Å². The van der Waals surface area contributed by atoms with Gasteiger partial charge in [0, 0.05) is 38.5 Å². The number of benzene rings is 1. The van der Waals surface area contributed by atoms with Crippen LogP contribution in [0.3, 0.4) is 0 Å². The molecule has 0 radical (unpaired) electrons. The predicted molar refractivity (Wildman–Crippen MR) is 90.0 cm³/mol. The maximum Gasteiger partial charge on any atom is 0.0587 e. The number of methoxy groups -OCH3 is 1. The molecule has 1 heterocycles.